The number of thiophene rings is 1. The van der Waals surface area contributed by atoms with Gasteiger partial charge < -0.3 is 14.8 Å². The van der Waals surface area contributed by atoms with E-state index in [1.807, 2.05) is 31.2 Å². The SMILES string of the molecule is CCOc1ccc(CC(=O)NCC(c2ccsc2)N2CCOCC2)cc1. The maximum atomic E-state index is 12.4. The third-order valence-electron chi connectivity index (χ3n) is 4.51. The molecule has 0 bridgehead atoms. The largest absolute Gasteiger partial charge is 0.494 e. The molecule has 140 valence electrons. The second kappa shape index (κ2) is 9.71. The summed E-state index contributed by atoms with van der Waals surface area (Å²) in [5, 5.41) is 7.36. The van der Waals surface area contributed by atoms with Gasteiger partial charge in [0, 0.05) is 19.6 Å². The van der Waals surface area contributed by atoms with Gasteiger partial charge in [-0.05, 0) is 47.0 Å². The number of morpholine rings is 1. The third kappa shape index (κ3) is 5.30. The monoisotopic (exact) mass is 374 g/mol. The second-order valence-corrected chi connectivity index (χ2v) is 7.06. The molecule has 0 aliphatic carbocycles. The molecule has 1 N–H and O–H groups in total. The fourth-order valence-corrected chi connectivity index (χ4v) is 3.85. The van der Waals surface area contributed by atoms with Crippen molar-refractivity contribution in [1.82, 2.24) is 10.2 Å². The Bertz CT molecular complexity index is 667. The number of hydrogen-bond acceptors (Lipinski definition) is 5. The van der Waals surface area contributed by atoms with Gasteiger partial charge in [-0.1, -0.05) is 12.1 Å². The lowest BCUT2D eigenvalue weighted by Crippen LogP contribution is -2.43. The van der Waals surface area contributed by atoms with Gasteiger partial charge in [0.1, 0.15) is 5.75 Å². The van der Waals surface area contributed by atoms with Crippen LogP contribution in [0.25, 0.3) is 0 Å². The number of rotatable bonds is 8. The average Bonchev–Trinajstić information content (AvgIpc) is 3.19. The van der Waals surface area contributed by atoms with Crippen LogP contribution >= 0.6 is 11.3 Å². The van der Waals surface area contributed by atoms with E-state index in [0.717, 1.165) is 37.6 Å². The van der Waals surface area contributed by atoms with Gasteiger partial charge in [0.2, 0.25) is 5.91 Å². The zero-order valence-corrected chi connectivity index (χ0v) is 16.0. The predicted molar refractivity (Wildman–Crippen MR) is 104 cm³/mol. The van der Waals surface area contributed by atoms with Crippen LogP contribution in [0.2, 0.25) is 0 Å². The number of carbonyl (C=O) groups excluding carboxylic acids is 1. The smallest absolute Gasteiger partial charge is 0.224 e. The molecule has 1 saturated heterocycles. The number of hydrogen-bond donors (Lipinski definition) is 1. The lowest BCUT2D eigenvalue weighted by Gasteiger charge is -2.34. The van der Waals surface area contributed by atoms with Crippen molar-refractivity contribution in [2.75, 3.05) is 39.5 Å². The fourth-order valence-electron chi connectivity index (χ4n) is 3.14. The Labute approximate surface area is 158 Å². The first-order chi connectivity index (χ1) is 12.8. The summed E-state index contributed by atoms with van der Waals surface area (Å²) in [6, 6.07) is 10.1. The van der Waals surface area contributed by atoms with Crippen molar-refractivity contribution in [2.45, 2.75) is 19.4 Å². The maximum absolute atomic E-state index is 12.4. The highest BCUT2D eigenvalue weighted by atomic mass is 32.1. The third-order valence-corrected chi connectivity index (χ3v) is 5.21. The molecule has 2 heterocycles. The van der Waals surface area contributed by atoms with E-state index in [2.05, 4.69) is 27.0 Å². The van der Waals surface area contributed by atoms with Crippen LogP contribution in [0.5, 0.6) is 5.75 Å². The maximum Gasteiger partial charge on any atom is 0.224 e. The Kier molecular flexibility index (Phi) is 7.05. The molecule has 1 atom stereocenters. The molecule has 0 saturated carbocycles. The molecule has 26 heavy (non-hydrogen) atoms. The van der Waals surface area contributed by atoms with Crippen LogP contribution in [-0.2, 0) is 16.0 Å². The van der Waals surface area contributed by atoms with Crippen molar-refractivity contribution in [1.29, 1.82) is 0 Å². The minimum absolute atomic E-state index is 0.0441. The van der Waals surface area contributed by atoms with Crippen molar-refractivity contribution in [3.05, 3.63) is 52.2 Å². The molecule has 0 radical (unpaired) electrons. The van der Waals surface area contributed by atoms with Gasteiger partial charge >= 0.3 is 0 Å². The van der Waals surface area contributed by atoms with E-state index < -0.39 is 0 Å². The van der Waals surface area contributed by atoms with Crippen LogP contribution in [0.1, 0.15) is 24.1 Å². The number of benzene rings is 1. The van der Waals surface area contributed by atoms with Crippen molar-refractivity contribution in [2.24, 2.45) is 0 Å². The van der Waals surface area contributed by atoms with E-state index in [4.69, 9.17) is 9.47 Å². The van der Waals surface area contributed by atoms with Crippen LogP contribution in [0.4, 0.5) is 0 Å². The molecular formula is C20H26N2O3S. The van der Waals surface area contributed by atoms with Crippen molar-refractivity contribution in [3.8, 4) is 5.75 Å². The van der Waals surface area contributed by atoms with Gasteiger partial charge in [-0.15, -0.1) is 0 Å². The molecule has 2 aromatic rings. The molecule has 1 aliphatic rings. The highest BCUT2D eigenvalue weighted by Gasteiger charge is 2.23. The minimum atomic E-state index is 0.0441. The Morgan fingerprint density at radius 1 is 1.27 bits per heavy atom. The van der Waals surface area contributed by atoms with Crippen molar-refractivity contribution >= 4 is 17.2 Å². The summed E-state index contributed by atoms with van der Waals surface area (Å²) >= 11 is 1.69. The van der Waals surface area contributed by atoms with Crippen LogP contribution in [0.15, 0.2) is 41.1 Å². The molecule has 1 unspecified atom stereocenters. The van der Waals surface area contributed by atoms with Gasteiger partial charge in [0.25, 0.3) is 0 Å². The van der Waals surface area contributed by atoms with Crippen LogP contribution in [0, 0.1) is 0 Å². The van der Waals surface area contributed by atoms with E-state index in [1.54, 1.807) is 11.3 Å². The second-order valence-electron chi connectivity index (χ2n) is 6.28. The number of ether oxygens (including phenoxy) is 2. The molecular weight excluding hydrogens is 348 g/mol. The van der Waals surface area contributed by atoms with E-state index in [1.165, 1.54) is 5.56 Å². The molecule has 1 fully saturated rings. The summed E-state index contributed by atoms with van der Waals surface area (Å²) < 4.78 is 10.9. The standard InChI is InChI=1S/C20H26N2O3S/c1-2-25-18-5-3-16(4-6-18)13-20(23)21-14-19(17-7-12-26-15-17)22-8-10-24-11-9-22/h3-7,12,15,19H,2,8-11,13-14H2,1H3,(H,21,23). The zero-order chi connectivity index (χ0) is 18.2. The number of carbonyl (C=O) groups is 1. The molecule has 3 rings (SSSR count). The molecule has 5 nitrogen and oxygen atoms in total. The molecule has 1 aromatic carbocycles. The molecule has 0 spiro atoms. The normalized spacial score (nSPS) is 16.2. The Hall–Kier alpha value is -1.89. The number of nitrogens with zero attached hydrogens (tertiary/aromatic N) is 1. The number of amides is 1. The predicted octanol–water partition coefficient (Wildman–Crippen LogP) is 2.88. The van der Waals surface area contributed by atoms with Crippen molar-refractivity contribution < 1.29 is 14.3 Å². The first kappa shape index (κ1) is 18.9. The lowest BCUT2D eigenvalue weighted by atomic mass is 10.1. The summed E-state index contributed by atoms with van der Waals surface area (Å²) in [4.78, 5) is 14.8. The highest BCUT2D eigenvalue weighted by molar-refractivity contribution is 7.07. The first-order valence-electron chi connectivity index (χ1n) is 9.08. The van der Waals surface area contributed by atoms with Gasteiger partial charge in [-0.2, -0.15) is 11.3 Å². The summed E-state index contributed by atoms with van der Waals surface area (Å²) in [6.07, 6.45) is 0.381. The molecule has 6 heteroatoms. The highest BCUT2D eigenvalue weighted by Crippen LogP contribution is 2.23. The summed E-state index contributed by atoms with van der Waals surface area (Å²) in [5.74, 6) is 0.879. The van der Waals surface area contributed by atoms with Gasteiger partial charge in [-0.3, -0.25) is 9.69 Å². The first-order valence-corrected chi connectivity index (χ1v) is 10.0. The summed E-state index contributed by atoms with van der Waals surface area (Å²) in [5.41, 5.74) is 2.25. The Balaban J connectivity index is 1.55. The quantitative estimate of drug-likeness (QED) is 0.772. The van der Waals surface area contributed by atoms with Gasteiger partial charge in [0.15, 0.2) is 0 Å². The average molecular weight is 375 g/mol. The van der Waals surface area contributed by atoms with Crippen LogP contribution in [-0.4, -0.2) is 50.3 Å². The van der Waals surface area contributed by atoms with E-state index >= 15 is 0 Å². The Morgan fingerprint density at radius 2 is 2.04 bits per heavy atom. The molecule has 1 amide bonds. The molecule has 1 aromatic heterocycles. The lowest BCUT2D eigenvalue weighted by molar-refractivity contribution is -0.120. The van der Waals surface area contributed by atoms with Gasteiger partial charge in [-0.25, -0.2) is 0 Å². The van der Waals surface area contributed by atoms with E-state index in [9.17, 15) is 4.79 Å². The zero-order valence-electron chi connectivity index (χ0n) is 15.1. The summed E-state index contributed by atoms with van der Waals surface area (Å²) in [6.45, 7) is 6.52. The Morgan fingerprint density at radius 3 is 2.69 bits per heavy atom. The van der Waals surface area contributed by atoms with E-state index in [-0.39, 0.29) is 11.9 Å². The van der Waals surface area contributed by atoms with Crippen LogP contribution in [0.3, 0.4) is 0 Å². The number of nitrogens with one attached hydrogen (secondary N) is 1. The van der Waals surface area contributed by atoms with Crippen LogP contribution < -0.4 is 10.1 Å². The molecule has 1 aliphatic heterocycles. The fraction of sp³-hybridized carbons (Fsp3) is 0.450. The minimum Gasteiger partial charge on any atom is -0.494 e. The van der Waals surface area contributed by atoms with Crippen molar-refractivity contribution in [3.63, 3.8) is 0 Å². The van der Waals surface area contributed by atoms with E-state index in [0.29, 0.717) is 19.6 Å². The summed E-state index contributed by atoms with van der Waals surface area (Å²) in [7, 11) is 0. The topological polar surface area (TPSA) is 50.8 Å². The van der Waals surface area contributed by atoms with Gasteiger partial charge in [0.05, 0.1) is 32.3 Å².